The number of aryl methyl sites for hydroxylation is 2. The van der Waals surface area contributed by atoms with E-state index in [-0.39, 0.29) is 12.3 Å². The van der Waals surface area contributed by atoms with Gasteiger partial charge in [-0.2, -0.15) is 0 Å². The number of sulfonamides is 1. The summed E-state index contributed by atoms with van der Waals surface area (Å²) in [5.74, 6) is 1.04. The first-order valence-electron chi connectivity index (χ1n) is 6.85. The average molecular weight is 309 g/mol. The number of hydrogen-bond donors (Lipinski definition) is 1. The van der Waals surface area contributed by atoms with E-state index in [4.69, 9.17) is 4.42 Å². The van der Waals surface area contributed by atoms with Crippen LogP contribution in [0.15, 0.2) is 34.7 Å². The monoisotopic (exact) mass is 309 g/mol. The molecule has 6 nitrogen and oxygen atoms in total. The molecule has 0 aliphatic carbocycles. The molecule has 0 radical (unpaired) electrons. The normalized spacial score (nSPS) is 11.7. The molecule has 1 heterocycles. The van der Waals surface area contributed by atoms with Crippen LogP contribution in [0.2, 0.25) is 0 Å². The van der Waals surface area contributed by atoms with Crippen molar-refractivity contribution >= 4 is 10.0 Å². The van der Waals surface area contributed by atoms with Gasteiger partial charge in [-0.3, -0.25) is 0 Å². The van der Waals surface area contributed by atoms with Crippen molar-refractivity contribution < 1.29 is 12.8 Å². The van der Waals surface area contributed by atoms with Crippen LogP contribution in [0.5, 0.6) is 0 Å². The molecule has 2 aromatic rings. The van der Waals surface area contributed by atoms with Gasteiger partial charge in [0.15, 0.2) is 0 Å². The Morgan fingerprint density at radius 1 is 1.14 bits per heavy atom. The minimum Gasteiger partial charge on any atom is -0.426 e. The van der Waals surface area contributed by atoms with Crippen molar-refractivity contribution in [2.75, 3.05) is 12.3 Å². The first-order chi connectivity index (χ1) is 10.1. The van der Waals surface area contributed by atoms with Crippen molar-refractivity contribution in [3.05, 3.63) is 47.7 Å². The van der Waals surface area contributed by atoms with Crippen molar-refractivity contribution in [2.24, 2.45) is 0 Å². The predicted molar refractivity (Wildman–Crippen MR) is 79.3 cm³/mol. The number of nitrogens with zero attached hydrogens (tertiary/aromatic N) is 2. The smallest absolute Gasteiger partial charge is 0.217 e. The van der Waals surface area contributed by atoms with Gasteiger partial charge < -0.3 is 4.42 Å². The third kappa shape index (κ3) is 5.65. The van der Waals surface area contributed by atoms with Crippen LogP contribution in [0.3, 0.4) is 0 Å². The molecule has 1 aromatic heterocycles. The summed E-state index contributed by atoms with van der Waals surface area (Å²) < 4.78 is 31.4. The quantitative estimate of drug-likeness (QED) is 0.798. The van der Waals surface area contributed by atoms with Crippen LogP contribution in [-0.4, -0.2) is 30.9 Å². The van der Waals surface area contributed by atoms with Crippen LogP contribution < -0.4 is 4.72 Å². The minimum atomic E-state index is -3.25. The van der Waals surface area contributed by atoms with E-state index in [0.717, 1.165) is 12.0 Å². The summed E-state index contributed by atoms with van der Waals surface area (Å²) in [6, 6.07) is 9.85. The minimum absolute atomic E-state index is 0.116. The van der Waals surface area contributed by atoms with Gasteiger partial charge in [0.05, 0.1) is 5.75 Å². The van der Waals surface area contributed by atoms with Crippen molar-refractivity contribution in [1.82, 2.24) is 14.9 Å². The summed E-state index contributed by atoms with van der Waals surface area (Å²) in [6.45, 7) is 1.97. The molecule has 0 saturated carbocycles. The highest BCUT2D eigenvalue weighted by molar-refractivity contribution is 7.89. The molecule has 7 heteroatoms. The molecule has 2 rings (SSSR count). The lowest BCUT2D eigenvalue weighted by molar-refractivity contribution is 0.466. The zero-order chi connectivity index (χ0) is 15.1. The number of benzene rings is 1. The van der Waals surface area contributed by atoms with E-state index in [1.54, 1.807) is 6.92 Å². The average Bonchev–Trinajstić information content (AvgIpc) is 2.85. The lowest BCUT2D eigenvalue weighted by atomic mass is 10.1. The van der Waals surface area contributed by atoms with Crippen molar-refractivity contribution in [3.8, 4) is 0 Å². The predicted octanol–water partition coefficient (Wildman–Crippen LogP) is 1.47. The van der Waals surface area contributed by atoms with Crippen molar-refractivity contribution in [1.29, 1.82) is 0 Å². The Bertz CT molecular complexity index is 653. The van der Waals surface area contributed by atoms with Gasteiger partial charge in [0.1, 0.15) is 0 Å². The highest BCUT2D eigenvalue weighted by Gasteiger charge is 2.10. The lowest BCUT2D eigenvalue weighted by Gasteiger charge is -2.05. The third-order valence-corrected chi connectivity index (χ3v) is 4.42. The first-order valence-corrected chi connectivity index (χ1v) is 8.51. The zero-order valence-corrected chi connectivity index (χ0v) is 12.8. The van der Waals surface area contributed by atoms with Gasteiger partial charge in [0.25, 0.3) is 0 Å². The van der Waals surface area contributed by atoms with Crippen LogP contribution in [0.1, 0.15) is 23.8 Å². The van der Waals surface area contributed by atoms with Crippen molar-refractivity contribution in [3.63, 3.8) is 0 Å². The molecular formula is C14H19N3O3S. The third-order valence-electron chi connectivity index (χ3n) is 2.95. The Labute approximate surface area is 124 Å². The Balaban J connectivity index is 1.69. The molecule has 0 spiro atoms. The number of rotatable bonds is 8. The Hall–Kier alpha value is -1.73. The van der Waals surface area contributed by atoms with E-state index in [1.807, 2.05) is 30.3 Å². The maximum atomic E-state index is 11.8. The van der Waals surface area contributed by atoms with Crippen LogP contribution in [0.4, 0.5) is 0 Å². The SMILES string of the molecule is Cc1nnc(CCNS(=O)(=O)CCCc2ccccc2)o1. The molecular weight excluding hydrogens is 290 g/mol. The van der Waals surface area contributed by atoms with E-state index in [1.165, 1.54) is 0 Å². The highest BCUT2D eigenvalue weighted by Crippen LogP contribution is 2.04. The van der Waals surface area contributed by atoms with Gasteiger partial charge in [-0.15, -0.1) is 10.2 Å². The molecule has 0 fully saturated rings. The zero-order valence-electron chi connectivity index (χ0n) is 11.9. The number of hydrogen-bond acceptors (Lipinski definition) is 5. The molecule has 21 heavy (non-hydrogen) atoms. The van der Waals surface area contributed by atoms with Gasteiger partial charge in [-0.05, 0) is 18.4 Å². The highest BCUT2D eigenvalue weighted by atomic mass is 32.2. The molecule has 0 aliphatic rings. The molecule has 1 aromatic carbocycles. The fraction of sp³-hybridized carbons (Fsp3) is 0.429. The standard InChI is InChI=1S/C14H19N3O3S/c1-12-16-17-14(20-12)9-10-15-21(18,19)11-5-8-13-6-3-2-4-7-13/h2-4,6-7,15H,5,8-11H2,1H3. The summed E-state index contributed by atoms with van der Waals surface area (Å²) in [6.07, 6.45) is 1.75. The van der Waals surface area contributed by atoms with E-state index >= 15 is 0 Å². The Morgan fingerprint density at radius 3 is 2.57 bits per heavy atom. The number of aromatic nitrogens is 2. The van der Waals surface area contributed by atoms with Gasteiger partial charge in [0.2, 0.25) is 21.8 Å². The van der Waals surface area contributed by atoms with Crippen molar-refractivity contribution in [2.45, 2.75) is 26.2 Å². The van der Waals surface area contributed by atoms with E-state index in [9.17, 15) is 8.42 Å². The van der Waals surface area contributed by atoms with E-state index < -0.39 is 10.0 Å². The molecule has 0 aliphatic heterocycles. The molecule has 0 unspecified atom stereocenters. The van der Waals surface area contributed by atoms with Gasteiger partial charge in [-0.1, -0.05) is 30.3 Å². The van der Waals surface area contributed by atoms with E-state index in [2.05, 4.69) is 14.9 Å². The maximum absolute atomic E-state index is 11.8. The van der Waals surface area contributed by atoms with Gasteiger partial charge >= 0.3 is 0 Å². The van der Waals surface area contributed by atoms with Crippen LogP contribution in [0, 0.1) is 6.92 Å². The lowest BCUT2D eigenvalue weighted by Crippen LogP contribution is -2.28. The van der Waals surface area contributed by atoms with Crippen LogP contribution in [0.25, 0.3) is 0 Å². The second-order valence-corrected chi connectivity index (χ2v) is 6.69. The summed E-state index contributed by atoms with van der Waals surface area (Å²) in [5.41, 5.74) is 1.15. The molecule has 114 valence electrons. The largest absolute Gasteiger partial charge is 0.426 e. The summed E-state index contributed by atoms with van der Waals surface area (Å²) in [7, 11) is -3.25. The van der Waals surface area contributed by atoms with Crippen LogP contribution >= 0.6 is 0 Å². The Morgan fingerprint density at radius 2 is 1.90 bits per heavy atom. The molecule has 0 saturated heterocycles. The van der Waals surface area contributed by atoms with Gasteiger partial charge in [0, 0.05) is 19.9 Å². The fourth-order valence-corrected chi connectivity index (χ4v) is 3.02. The summed E-state index contributed by atoms with van der Waals surface area (Å²) in [4.78, 5) is 0. The first kappa shape index (κ1) is 15.7. The second kappa shape index (κ2) is 7.33. The van der Waals surface area contributed by atoms with Gasteiger partial charge in [-0.25, -0.2) is 13.1 Å². The summed E-state index contributed by atoms with van der Waals surface area (Å²) >= 11 is 0. The van der Waals surface area contributed by atoms with E-state index in [0.29, 0.717) is 24.6 Å². The second-order valence-electron chi connectivity index (χ2n) is 4.77. The maximum Gasteiger partial charge on any atom is 0.217 e. The molecule has 0 atom stereocenters. The fourth-order valence-electron chi connectivity index (χ4n) is 1.94. The molecule has 0 amide bonds. The summed E-state index contributed by atoms with van der Waals surface area (Å²) in [5, 5.41) is 7.51. The topological polar surface area (TPSA) is 85.1 Å². The Kier molecular flexibility index (Phi) is 5.46. The van der Waals surface area contributed by atoms with Crippen LogP contribution in [-0.2, 0) is 22.9 Å². The molecule has 0 bridgehead atoms. The molecule has 1 N–H and O–H groups in total. The number of nitrogens with one attached hydrogen (secondary N) is 1.